The number of unbranched alkanes of at least 4 members (excludes halogenated alkanes) is 1. The minimum atomic E-state index is -0.862. The highest BCUT2D eigenvalue weighted by atomic mass is 32.1. The molecule has 1 rings (SSSR count). The van der Waals surface area contributed by atoms with Crippen LogP contribution in [0.15, 0.2) is 47.2 Å². The molecule has 0 saturated heterocycles. The number of amides is 4. The summed E-state index contributed by atoms with van der Waals surface area (Å²) in [5.41, 5.74) is 25.1. The first kappa shape index (κ1) is 44.8. The number of primary amides is 1. The number of thiocarbonyl (C=S) groups is 1. The Hall–Kier alpha value is -4.28. The topological polar surface area (TPSA) is 248 Å². The third-order valence-electron chi connectivity index (χ3n) is 6.18. The van der Waals surface area contributed by atoms with Crippen molar-refractivity contribution in [1.29, 1.82) is 0 Å². The van der Waals surface area contributed by atoms with E-state index in [1.54, 1.807) is 5.49 Å². The third kappa shape index (κ3) is 26.6. The van der Waals surface area contributed by atoms with Crippen LogP contribution in [0.25, 0.3) is 0 Å². The van der Waals surface area contributed by atoms with E-state index < -0.39 is 29.8 Å². The number of hydrogen-bond donors (Lipinski definition) is 9. The zero-order chi connectivity index (χ0) is 36.0. The molecule has 2 atom stereocenters. The van der Waals surface area contributed by atoms with Crippen LogP contribution in [0, 0.1) is 6.92 Å². The molecule has 15 nitrogen and oxygen atoms in total. The molecule has 0 fully saturated rings. The van der Waals surface area contributed by atoms with Gasteiger partial charge in [-0.05, 0) is 59.0 Å². The Balaban J connectivity index is 0. The number of aliphatic imine (C=N–C) groups is 1. The van der Waals surface area contributed by atoms with Crippen LogP contribution < -0.4 is 49.5 Å². The van der Waals surface area contributed by atoms with Crippen LogP contribution in [0.2, 0.25) is 0 Å². The number of guanidine groups is 1. The van der Waals surface area contributed by atoms with Crippen molar-refractivity contribution in [2.24, 2.45) is 27.9 Å². The van der Waals surface area contributed by atoms with Gasteiger partial charge in [-0.3, -0.25) is 24.2 Å². The van der Waals surface area contributed by atoms with Crippen molar-refractivity contribution in [3.8, 4) is 0 Å². The summed E-state index contributed by atoms with van der Waals surface area (Å²) in [5.74, 6) is -2.11. The lowest BCUT2D eigenvalue weighted by Crippen LogP contribution is -2.52. The van der Waals surface area contributed by atoms with Gasteiger partial charge in [-0.25, -0.2) is 0 Å². The third-order valence-corrected chi connectivity index (χ3v) is 6.50. The Labute approximate surface area is 285 Å². The van der Waals surface area contributed by atoms with Crippen LogP contribution in [0.5, 0.6) is 0 Å². The fraction of sp³-hybridized carbons (Fsp3) is 0.548. The molecule has 4 amide bonds. The average molecular weight is 680 g/mol. The quantitative estimate of drug-likeness (QED) is 0.0361. The molecular formula is C31H57N11O4S. The lowest BCUT2D eigenvalue weighted by molar-refractivity contribution is -0.131. The first-order valence-corrected chi connectivity index (χ1v) is 16.0. The molecule has 0 aromatic heterocycles. The molecular weight excluding hydrogens is 622 g/mol. The highest BCUT2D eigenvalue weighted by molar-refractivity contribution is 7.78. The normalized spacial score (nSPS) is 11.5. The van der Waals surface area contributed by atoms with Crippen molar-refractivity contribution < 1.29 is 19.2 Å². The molecule has 0 saturated carbocycles. The zero-order valence-electron chi connectivity index (χ0n) is 28.5. The van der Waals surface area contributed by atoms with Crippen LogP contribution in [0.1, 0.15) is 51.5 Å². The number of allylic oxidation sites excluding steroid dienone is 1. The van der Waals surface area contributed by atoms with Crippen molar-refractivity contribution >= 4 is 47.3 Å². The molecule has 0 spiro atoms. The van der Waals surface area contributed by atoms with Gasteiger partial charge in [0, 0.05) is 32.5 Å². The fourth-order valence-electron chi connectivity index (χ4n) is 3.60. The van der Waals surface area contributed by atoms with Crippen molar-refractivity contribution in [2.75, 3.05) is 46.8 Å². The van der Waals surface area contributed by atoms with Gasteiger partial charge >= 0.3 is 0 Å². The van der Waals surface area contributed by atoms with Crippen LogP contribution >= 0.6 is 12.2 Å². The van der Waals surface area contributed by atoms with Crippen molar-refractivity contribution in [2.45, 2.75) is 65.0 Å². The van der Waals surface area contributed by atoms with Crippen LogP contribution in [0.4, 0.5) is 0 Å². The summed E-state index contributed by atoms with van der Waals surface area (Å²) < 4.78 is 0. The average Bonchev–Trinajstić information content (AvgIpc) is 3.04. The summed E-state index contributed by atoms with van der Waals surface area (Å²) in [5, 5.41) is 13.4. The van der Waals surface area contributed by atoms with Gasteiger partial charge in [0.1, 0.15) is 6.04 Å². The minimum Gasteiger partial charge on any atom is -0.393 e. The monoisotopic (exact) mass is 679 g/mol. The Morgan fingerprint density at radius 2 is 1.55 bits per heavy atom. The number of rotatable bonds is 20. The molecule has 1 aromatic rings. The van der Waals surface area contributed by atoms with Gasteiger partial charge in [0.05, 0.1) is 24.6 Å². The molecule has 0 heterocycles. The Morgan fingerprint density at radius 1 is 0.957 bits per heavy atom. The van der Waals surface area contributed by atoms with Gasteiger partial charge in [0.2, 0.25) is 23.6 Å². The maximum absolute atomic E-state index is 12.4. The standard InChI is InChI=1S/C18H37N9O4.C7H8.C6H12N2S/c1-2-23-12(7-5-9-24-18(21)22)16(30)26-11-15(29)27-13(6-3-4-8-19)17(31)25-10-14(20)28;1-7-5-3-2-4-6-7;1-6(4-7-2)8(3)5-9/h12-13,23H,2-11,19H2,1H3,(H2,20,28)(H,25,31)(H,26,30)(H,27,29)(H4,21,22,24);2-6H,1H3;4-5,7H,1-3H3/b;;6-4-. The lowest BCUT2D eigenvalue weighted by atomic mass is 10.1. The minimum absolute atomic E-state index is 0.0120. The van der Waals surface area contributed by atoms with E-state index >= 15 is 0 Å². The van der Waals surface area contributed by atoms with Crippen LogP contribution in [0.3, 0.4) is 0 Å². The number of benzene rings is 1. The number of nitrogens with one attached hydrogen (secondary N) is 5. The molecule has 266 valence electrons. The van der Waals surface area contributed by atoms with E-state index in [1.165, 1.54) is 5.56 Å². The predicted molar refractivity (Wildman–Crippen MR) is 193 cm³/mol. The summed E-state index contributed by atoms with van der Waals surface area (Å²) in [4.78, 5) is 53.5. The SMILES string of the molecule is CCNC(CCCN=C(N)N)C(=O)NCC(=O)NC(CCCCN)C(=O)NCC(N)=O.CN/C=C(/C)N(C)C=S.Cc1ccccc1. The van der Waals surface area contributed by atoms with Gasteiger partial charge in [0.25, 0.3) is 0 Å². The van der Waals surface area contributed by atoms with Gasteiger partial charge < -0.3 is 54.4 Å². The van der Waals surface area contributed by atoms with E-state index in [0.29, 0.717) is 51.7 Å². The Kier molecular flexibility index (Phi) is 27.8. The van der Waals surface area contributed by atoms with E-state index in [-0.39, 0.29) is 25.0 Å². The highest BCUT2D eigenvalue weighted by Gasteiger charge is 2.22. The number of nitrogens with two attached hydrogens (primary N) is 4. The molecule has 0 radical (unpaired) electrons. The number of hydrogen-bond acceptors (Lipinski definition) is 9. The smallest absolute Gasteiger partial charge is 0.243 e. The number of aryl methyl sites for hydroxylation is 1. The highest BCUT2D eigenvalue weighted by Crippen LogP contribution is 2.02. The van der Waals surface area contributed by atoms with Gasteiger partial charge in [-0.2, -0.15) is 0 Å². The number of nitrogens with zero attached hydrogens (tertiary/aromatic N) is 2. The first-order valence-electron chi connectivity index (χ1n) is 15.5. The first-order chi connectivity index (χ1) is 22.3. The van der Waals surface area contributed by atoms with Crippen LogP contribution in [-0.2, 0) is 19.2 Å². The van der Waals surface area contributed by atoms with E-state index in [1.807, 2.05) is 57.2 Å². The summed E-state index contributed by atoms with van der Waals surface area (Å²) in [6, 6.07) is 8.89. The molecule has 16 heteroatoms. The molecule has 0 aliphatic heterocycles. The number of carbonyl (C=O) groups is 4. The second kappa shape index (κ2) is 29.1. The molecule has 0 aliphatic carbocycles. The predicted octanol–water partition coefficient (Wildman–Crippen LogP) is -0.699. The van der Waals surface area contributed by atoms with E-state index in [2.05, 4.69) is 50.6 Å². The van der Waals surface area contributed by atoms with Gasteiger partial charge in [-0.15, -0.1) is 0 Å². The molecule has 0 bridgehead atoms. The van der Waals surface area contributed by atoms with Crippen LogP contribution in [-0.4, -0.2) is 98.9 Å². The maximum atomic E-state index is 12.4. The second-order valence-electron chi connectivity index (χ2n) is 10.3. The summed E-state index contributed by atoms with van der Waals surface area (Å²) >= 11 is 4.70. The van der Waals surface area contributed by atoms with Crippen molar-refractivity contribution in [1.82, 2.24) is 31.5 Å². The number of carbonyl (C=O) groups excluding carboxylic acids is 4. The van der Waals surface area contributed by atoms with Gasteiger partial charge in [0.15, 0.2) is 5.96 Å². The lowest BCUT2D eigenvalue weighted by Gasteiger charge is -2.20. The Bertz CT molecular complexity index is 1100. The maximum Gasteiger partial charge on any atom is 0.243 e. The van der Waals surface area contributed by atoms with E-state index in [4.69, 9.17) is 35.2 Å². The fourth-order valence-corrected chi connectivity index (χ4v) is 3.77. The van der Waals surface area contributed by atoms with E-state index in [0.717, 1.165) is 5.70 Å². The molecule has 2 unspecified atom stereocenters. The zero-order valence-corrected chi connectivity index (χ0v) is 29.3. The largest absolute Gasteiger partial charge is 0.393 e. The van der Waals surface area contributed by atoms with Gasteiger partial charge in [-0.1, -0.05) is 55.0 Å². The Morgan fingerprint density at radius 3 is 2.04 bits per heavy atom. The summed E-state index contributed by atoms with van der Waals surface area (Å²) in [7, 11) is 3.77. The molecule has 1 aromatic carbocycles. The molecule has 13 N–H and O–H groups in total. The molecule has 0 aliphatic rings. The molecule has 47 heavy (non-hydrogen) atoms. The van der Waals surface area contributed by atoms with Crippen molar-refractivity contribution in [3.63, 3.8) is 0 Å². The summed E-state index contributed by atoms with van der Waals surface area (Å²) in [6.45, 7) is 6.71. The summed E-state index contributed by atoms with van der Waals surface area (Å²) in [6.07, 6.45) is 4.58. The van der Waals surface area contributed by atoms with Crippen molar-refractivity contribution in [3.05, 3.63) is 47.8 Å². The number of likely N-dealkylation sites (N-methyl/N-ethyl adjacent to an activating group) is 1. The second-order valence-corrected chi connectivity index (χ2v) is 10.5. The van der Waals surface area contributed by atoms with E-state index in [9.17, 15) is 19.2 Å².